The number of ether oxygens (including phenoxy) is 2. The Morgan fingerprint density at radius 2 is 0.672 bits per heavy atom. The highest BCUT2D eigenvalue weighted by molar-refractivity contribution is 5.70. The predicted molar refractivity (Wildman–Crippen MR) is 279 cm³/mol. The zero-order chi connectivity index (χ0) is 46.3. The molecule has 0 amide bonds. The highest BCUT2D eigenvalue weighted by Crippen LogP contribution is 2.17. The Bertz CT molecular complexity index is 1100. The molecule has 0 aromatic carbocycles. The first-order chi connectivity index (χ1) is 31.6. The number of aliphatic hydroxyl groups is 1. The number of carbonyl (C=O) groups is 2. The van der Waals surface area contributed by atoms with Crippen molar-refractivity contribution in [2.75, 3.05) is 13.2 Å². The number of unbranched alkanes of at least 4 members (excludes halogenated alkanes) is 33. The second kappa shape index (κ2) is 54.9. The van der Waals surface area contributed by atoms with Crippen molar-refractivity contribution in [2.45, 2.75) is 290 Å². The van der Waals surface area contributed by atoms with E-state index >= 15 is 0 Å². The number of esters is 2. The van der Waals surface area contributed by atoms with E-state index in [0.717, 1.165) is 70.6 Å². The predicted octanol–water partition coefficient (Wildman–Crippen LogP) is 18.6. The lowest BCUT2D eigenvalue weighted by Crippen LogP contribution is -2.28. The summed E-state index contributed by atoms with van der Waals surface area (Å²) in [6, 6.07) is 0. The molecule has 64 heavy (non-hydrogen) atoms. The van der Waals surface area contributed by atoms with Gasteiger partial charge < -0.3 is 14.6 Å². The Kier molecular flexibility index (Phi) is 52.9. The number of hydrogen-bond donors (Lipinski definition) is 1. The smallest absolute Gasteiger partial charge is 0.306 e. The summed E-state index contributed by atoms with van der Waals surface area (Å²) in [5, 5.41) is 9.60. The van der Waals surface area contributed by atoms with Gasteiger partial charge in [0.25, 0.3) is 0 Å². The second-order valence-electron chi connectivity index (χ2n) is 18.6. The molecule has 0 aromatic rings. The summed E-state index contributed by atoms with van der Waals surface area (Å²) in [6.45, 7) is 4.04. The molecule has 0 heterocycles. The van der Waals surface area contributed by atoms with Crippen LogP contribution in [-0.4, -0.2) is 36.4 Å². The van der Waals surface area contributed by atoms with Gasteiger partial charge in [-0.3, -0.25) is 9.59 Å². The molecule has 0 fully saturated rings. The van der Waals surface area contributed by atoms with E-state index in [1.54, 1.807) is 0 Å². The summed E-state index contributed by atoms with van der Waals surface area (Å²) in [6.07, 6.45) is 73.6. The lowest BCUT2D eigenvalue weighted by Gasteiger charge is -2.15. The van der Waals surface area contributed by atoms with Crippen LogP contribution in [0.1, 0.15) is 284 Å². The van der Waals surface area contributed by atoms with Crippen LogP contribution in [0, 0.1) is 0 Å². The lowest BCUT2D eigenvalue weighted by atomic mass is 10.0. The Labute approximate surface area is 398 Å². The maximum atomic E-state index is 12.3. The van der Waals surface area contributed by atoms with Crippen LogP contribution in [-0.2, 0) is 19.1 Å². The van der Waals surface area contributed by atoms with Crippen LogP contribution in [0.2, 0.25) is 0 Å². The molecule has 0 aliphatic rings. The zero-order valence-corrected chi connectivity index (χ0v) is 42.5. The summed E-state index contributed by atoms with van der Waals surface area (Å²) >= 11 is 0. The quantitative estimate of drug-likeness (QED) is 0.0374. The summed E-state index contributed by atoms with van der Waals surface area (Å²) < 4.78 is 10.7. The average Bonchev–Trinajstić information content (AvgIpc) is 3.30. The molecule has 1 atom stereocenters. The third kappa shape index (κ3) is 52.2. The molecule has 0 spiro atoms. The number of allylic oxidation sites excluding steroid dienone is 10. The van der Waals surface area contributed by atoms with Crippen molar-refractivity contribution < 1.29 is 24.2 Å². The van der Waals surface area contributed by atoms with Crippen LogP contribution in [0.5, 0.6) is 0 Å². The minimum atomic E-state index is -0.767. The summed E-state index contributed by atoms with van der Waals surface area (Å²) in [5.41, 5.74) is 0. The van der Waals surface area contributed by atoms with E-state index in [1.165, 1.54) is 186 Å². The highest BCUT2D eigenvalue weighted by Gasteiger charge is 2.16. The fraction of sp³-hybridized carbons (Fsp3) is 0.797. The van der Waals surface area contributed by atoms with Crippen LogP contribution in [0.4, 0.5) is 0 Å². The monoisotopic (exact) mass is 895 g/mol. The summed E-state index contributed by atoms with van der Waals surface area (Å²) in [5.74, 6) is -0.578. The Morgan fingerprint density at radius 3 is 1.02 bits per heavy atom. The van der Waals surface area contributed by atoms with Crippen LogP contribution in [0.3, 0.4) is 0 Å². The van der Waals surface area contributed by atoms with E-state index in [4.69, 9.17) is 9.47 Å². The van der Waals surface area contributed by atoms with Gasteiger partial charge in [-0.1, -0.05) is 274 Å². The molecule has 0 saturated carbocycles. The molecule has 5 heteroatoms. The van der Waals surface area contributed by atoms with Gasteiger partial charge in [0.15, 0.2) is 6.10 Å². The molecule has 5 nitrogen and oxygen atoms in total. The van der Waals surface area contributed by atoms with E-state index in [-0.39, 0.29) is 25.2 Å². The fourth-order valence-electron chi connectivity index (χ4n) is 8.17. The van der Waals surface area contributed by atoms with Gasteiger partial charge in [-0.15, -0.1) is 0 Å². The third-order valence-electron chi connectivity index (χ3n) is 12.3. The minimum Gasteiger partial charge on any atom is -0.462 e. The molecule has 0 rings (SSSR count). The van der Waals surface area contributed by atoms with Crippen LogP contribution in [0.25, 0.3) is 0 Å². The minimum absolute atomic E-state index is 0.0606. The SMILES string of the molecule is CC/C=C\C/C=C\C/C=C\C/C=C\C/C=C\CCCCCCCCCCCCCCCCCCCCCCCCCC(=O)OC(CO)COC(=O)CCCCCCCCCCCCC. The second-order valence-corrected chi connectivity index (χ2v) is 18.6. The molecule has 0 bridgehead atoms. The Morgan fingerprint density at radius 1 is 0.375 bits per heavy atom. The summed E-state index contributed by atoms with van der Waals surface area (Å²) in [4.78, 5) is 24.4. The number of aliphatic hydroxyl groups excluding tert-OH is 1. The standard InChI is InChI=1S/C59H106O5/c1-3-5-7-9-11-13-15-16-17-18-19-20-21-22-23-24-25-26-27-28-29-30-31-32-33-34-35-36-37-38-39-40-41-42-44-46-48-50-52-54-59(62)64-57(55-60)56-63-58(61)53-51-49-47-45-43-14-12-10-8-6-4-2/h5,7,11,13,16-17,19-20,22-23,57,60H,3-4,6,8-10,12,14-15,18,21,24-56H2,1-2H3/b7-5-,13-11-,17-16-,20-19-,23-22-. The maximum Gasteiger partial charge on any atom is 0.306 e. The van der Waals surface area contributed by atoms with Crippen molar-refractivity contribution in [3.63, 3.8) is 0 Å². The normalized spacial score (nSPS) is 12.6. The van der Waals surface area contributed by atoms with E-state index in [0.29, 0.717) is 12.8 Å². The molecule has 0 radical (unpaired) electrons. The van der Waals surface area contributed by atoms with Gasteiger partial charge in [0.2, 0.25) is 0 Å². The van der Waals surface area contributed by atoms with Crippen molar-refractivity contribution in [2.24, 2.45) is 0 Å². The van der Waals surface area contributed by atoms with E-state index in [1.807, 2.05) is 0 Å². The maximum absolute atomic E-state index is 12.3. The average molecular weight is 895 g/mol. The fourth-order valence-corrected chi connectivity index (χ4v) is 8.17. The first-order valence-electron chi connectivity index (χ1n) is 27.8. The van der Waals surface area contributed by atoms with Crippen molar-refractivity contribution in [3.05, 3.63) is 60.8 Å². The topological polar surface area (TPSA) is 72.8 Å². The first kappa shape index (κ1) is 61.6. The molecule has 0 aliphatic carbocycles. The van der Waals surface area contributed by atoms with E-state index < -0.39 is 6.10 Å². The van der Waals surface area contributed by atoms with Crippen LogP contribution >= 0.6 is 0 Å². The first-order valence-corrected chi connectivity index (χ1v) is 27.8. The molecule has 0 aromatic heterocycles. The van der Waals surface area contributed by atoms with Gasteiger partial charge in [-0.25, -0.2) is 0 Å². The molecule has 372 valence electrons. The van der Waals surface area contributed by atoms with Crippen molar-refractivity contribution >= 4 is 11.9 Å². The molecule has 0 aliphatic heterocycles. The molecule has 0 saturated heterocycles. The zero-order valence-electron chi connectivity index (χ0n) is 42.5. The molecular formula is C59H106O5. The van der Waals surface area contributed by atoms with Crippen molar-refractivity contribution in [3.8, 4) is 0 Å². The van der Waals surface area contributed by atoms with Gasteiger partial charge in [-0.2, -0.15) is 0 Å². The van der Waals surface area contributed by atoms with Crippen molar-refractivity contribution in [1.82, 2.24) is 0 Å². The van der Waals surface area contributed by atoms with Gasteiger partial charge in [0.1, 0.15) is 6.61 Å². The third-order valence-corrected chi connectivity index (χ3v) is 12.3. The van der Waals surface area contributed by atoms with Crippen molar-refractivity contribution in [1.29, 1.82) is 0 Å². The number of rotatable bonds is 51. The Hall–Kier alpha value is -2.40. The Balaban J connectivity index is 3.38. The number of carbonyl (C=O) groups excluding carboxylic acids is 2. The van der Waals surface area contributed by atoms with Crippen LogP contribution < -0.4 is 0 Å². The molecule has 1 unspecified atom stereocenters. The molecular weight excluding hydrogens is 789 g/mol. The molecule has 1 N–H and O–H groups in total. The lowest BCUT2D eigenvalue weighted by molar-refractivity contribution is -0.161. The largest absolute Gasteiger partial charge is 0.462 e. The van der Waals surface area contributed by atoms with E-state index in [2.05, 4.69) is 74.6 Å². The van der Waals surface area contributed by atoms with Gasteiger partial charge in [-0.05, 0) is 57.8 Å². The van der Waals surface area contributed by atoms with Gasteiger partial charge in [0, 0.05) is 12.8 Å². The highest BCUT2D eigenvalue weighted by atomic mass is 16.6. The summed E-state index contributed by atoms with van der Waals surface area (Å²) in [7, 11) is 0. The van der Waals surface area contributed by atoms with E-state index in [9.17, 15) is 14.7 Å². The van der Waals surface area contributed by atoms with Gasteiger partial charge >= 0.3 is 11.9 Å². The van der Waals surface area contributed by atoms with Crippen LogP contribution in [0.15, 0.2) is 60.8 Å². The number of hydrogen-bond acceptors (Lipinski definition) is 5. The van der Waals surface area contributed by atoms with Gasteiger partial charge in [0.05, 0.1) is 6.61 Å².